The van der Waals surface area contributed by atoms with Crippen molar-refractivity contribution in [2.45, 2.75) is 206 Å². The average Bonchev–Trinajstić information content (AvgIpc) is 3.42. The Hall–Kier alpha value is -5.35. The summed E-state index contributed by atoms with van der Waals surface area (Å²) in [6.45, 7) is 4.43. The van der Waals surface area contributed by atoms with Gasteiger partial charge >= 0.3 is 11.9 Å². The number of rotatable bonds is 53. The van der Waals surface area contributed by atoms with Crippen molar-refractivity contribution in [3.8, 4) is 0 Å². The van der Waals surface area contributed by atoms with E-state index in [0.717, 1.165) is 141 Å². The van der Waals surface area contributed by atoms with Crippen LogP contribution in [0.15, 0.2) is 170 Å². The molecule has 0 saturated heterocycles. The smallest absolute Gasteiger partial charge is 0.306 e. The maximum absolute atomic E-state index is 12.9. The van der Waals surface area contributed by atoms with Gasteiger partial charge < -0.3 is 33.3 Å². The number of hydrogen-bond donors (Lipinski definition) is 0. The first kappa shape index (κ1) is 73.7. The second-order valence-electron chi connectivity index (χ2n) is 20.5. The number of hydrogen-bond acceptors (Lipinski definition) is 8. The molecule has 9 nitrogen and oxygen atoms in total. The largest absolute Gasteiger partial charge is 0.545 e. The molecule has 0 saturated carbocycles. The van der Waals surface area contributed by atoms with Crippen molar-refractivity contribution in [1.29, 1.82) is 0 Å². The summed E-state index contributed by atoms with van der Waals surface area (Å²) in [6, 6.07) is 0. The molecule has 0 aliphatic rings. The molecule has 2 unspecified atom stereocenters. The Kier molecular flexibility index (Phi) is 54.8. The lowest BCUT2D eigenvalue weighted by atomic mass is 10.1. The molecule has 0 aromatic rings. The van der Waals surface area contributed by atoms with Gasteiger partial charge in [0, 0.05) is 12.8 Å². The number of carbonyl (C=O) groups is 3. The fourth-order valence-electron chi connectivity index (χ4n) is 7.38. The Labute approximate surface area is 482 Å². The summed E-state index contributed by atoms with van der Waals surface area (Å²) in [6.07, 6.45) is 85.5. The summed E-state index contributed by atoms with van der Waals surface area (Å²) in [5.74, 6) is -2.37. The molecule has 0 amide bonds. The van der Waals surface area contributed by atoms with Crippen LogP contribution in [-0.2, 0) is 33.3 Å². The zero-order chi connectivity index (χ0) is 57.6. The SMILES string of the molecule is CC/C=C\C/C=C\C/C=C\C/C=C\C/C=C\C/C=C\C/C=C\C/C=C\C/C=C\CCCCCCCCCC(=O)OC(COC(=O)CCCCC/C=C\C/C=C\C/C=C\C/C=C\C/C=C\CC)COC(OCC[N+](C)(C)C)C(=O)[O-]. The van der Waals surface area contributed by atoms with Crippen LogP contribution in [0.3, 0.4) is 0 Å². The number of esters is 2. The lowest BCUT2D eigenvalue weighted by Gasteiger charge is -2.26. The first-order chi connectivity index (χ1) is 38.6. The maximum Gasteiger partial charge on any atom is 0.306 e. The number of nitrogens with zero attached hydrogens (tertiary/aromatic N) is 1. The monoisotopic (exact) mass is 1090 g/mol. The van der Waals surface area contributed by atoms with E-state index in [9.17, 15) is 19.5 Å². The highest BCUT2D eigenvalue weighted by Gasteiger charge is 2.22. The molecule has 2 atom stereocenters. The van der Waals surface area contributed by atoms with Crippen LogP contribution >= 0.6 is 0 Å². The first-order valence-corrected chi connectivity index (χ1v) is 30.3. The Balaban J connectivity index is 4.32. The minimum Gasteiger partial charge on any atom is -0.545 e. The van der Waals surface area contributed by atoms with E-state index in [1.165, 1.54) is 12.8 Å². The third-order valence-electron chi connectivity index (χ3n) is 12.0. The molecule has 0 aromatic carbocycles. The molecule has 79 heavy (non-hydrogen) atoms. The molecule has 0 N–H and O–H groups in total. The van der Waals surface area contributed by atoms with Crippen molar-refractivity contribution >= 4 is 17.9 Å². The number of unbranched alkanes of at least 4 members (excludes halogenated alkanes) is 10. The Bertz CT molecular complexity index is 1900. The Morgan fingerprint density at radius 2 is 0.684 bits per heavy atom. The van der Waals surface area contributed by atoms with E-state index < -0.39 is 30.3 Å². The van der Waals surface area contributed by atoms with Gasteiger partial charge in [-0.05, 0) is 128 Å². The van der Waals surface area contributed by atoms with Crippen molar-refractivity contribution in [2.75, 3.05) is 47.5 Å². The van der Waals surface area contributed by atoms with Crippen LogP contribution in [0.2, 0.25) is 0 Å². The topological polar surface area (TPSA) is 111 Å². The van der Waals surface area contributed by atoms with Crippen molar-refractivity contribution in [2.24, 2.45) is 0 Å². The van der Waals surface area contributed by atoms with Crippen molar-refractivity contribution in [3.05, 3.63) is 170 Å². The van der Waals surface area contributed by atoms with Gasteiger partial charge in [-0.2, -0.15) is 0 Å². The minimum atomic E-state index is -1.64. The third-order valence-corrected chi connectivity index (χ3v) is 12.0. The quantitative estimate of drug-likeness (QED) is 0.0195. The number of ether oxygens (including phenoxy) is 4. The van der Waals surface area contributed by atoms with Gasteiger partial charge in [0.05, 0.1) is 40.3 Å². The molecule has 0 aromatic heterocycles. The molecule has 0 fully saturated rings. The van der Waals surface area contributed by atoms with Crippen LogP contribution in [0, 0.1) is 0 Å². The molecule has 0 heterocycles. The summed E-state index contributed by atoms with van der Waals surface area (Å²) in [7, 11) is 5.89. The summed E-state index contributed by atoms with van der Waals surface area (Å²) >= 11 is 0. The lowest BCUT2D eigenvalue weighted by molar-refractivity contribution is -0.870. The molecule has 0 aliphatic carbocycles. The molecule has 9 heteroatoms. The van der Waals surface area contributed by atoms with Crippen LogP contribution in [0.5, 0.6) is 0 Å². The number of carbonyl (C=O) groups excluding carboxylic acids is 3. The van der Waals surface area contributed by atoms with Gasteiger partial charge in [0.1, 0.15) is 13.2 Å². The van der Waals surface area contributed by atoms with Gasteiger partial charge in [-0.3, -0.25) is 9.59 Å². The number of quaternary nitrogens is 1. The van der Waals surface area contributed by atoms with E-state index in [2.05, 4.69) is 184 Å². The highest BCUT2D eigenvalue weighted by Crippen LogP contribution is 2.13. The second kappa shape index (κ2) is 58.8. The molecule has 0 aliphatic heterocycles. The zero-order valence-corrected chi connectivity index (χ0v) is 50.2. The molecular formula is C70H109NO8. The van der Waals surface area contributed by atoms with E-state index >= 15 is 0 Å². The predicted molar refractivity (Wildman–Crippen MR) is 333 cm³/mol. The van der Waals surface area contributed by atoms with Crippen LogP contribution in [-0.4, -0.2) is 82.3 Å². The van der Waals surface area contributed by atoms with Crippen LogP contribution in [0.25, 0.3) is 0 Å². The fourth-order valence-corrected chi connectivity index (χ4v) is 7.38. The molecule has 0 rings (SSSR count). The van der Waals surface area contributed by atoms with Gasteiger partial charge in [0.25, 0.3) is 0 Å². The third kappa shape index (κ3) is 60.1. The van der Waals surface area contributed by atoms with Gasteiger partial charge in [-0.1, -0.05) is 223 Å². The van der Waals surface area contributed by atoms with E-state index in [0.29, 0.717) is 23.9 Å². The van der Waals surface area contributed by atoms with Gasteiger partial charge in [0.15, 0.2) is 12.4 Å². The van der Waals surface area contributed by atoms with E-state index in [-0.39, 0.29) is 32.7 Å². The van der Waals surface area contributed by atoms with Gasteiger partial charge in [-0.15, -0.1) is 0 Å². The first-order valence-electron chi connectivity index (χ1n) is 30.3. The lowest BCUT2D eigenvalue weighted by Crippen LogP contribution is -2.44. The number of aliphatic carboxylic acids is 1. The van der Waals surface area contributed by atoms with Crippen molar-refractivity contribution < 1.29 is 42.9 Å². The summed E-state index contributed by atoms with van der Waals surface area (Å²) in [4.78, 5) is 37.3. The molecule has 442 valence electrons. The Morgan fingerprint density at radius 1 is 0.380 bits per heavy atom. The van der Waals surface area contributed by atoms with E-state index in [4.69, 9.17) is 18.9 Å². The molecular weight excluding hydrogens is 983 g/mol. The molecule has 0 radical (unpaired) electrons. The highest BCUT2D eigenvalue weighted by molar-refractivity contribution is 5.70. The molecule has 0 spiro atoms. The number of allylic oxidation sites excluding steroid dienone is 28. The second-order valence-corrected chi connectivity index (χ2v) is 20.5. The van der Waals surface area contributed by atoms with Crippen LogP contribution in [0.4, 0.5) is 0 Å². The highest BCUT2D eigenvalue weighted by atomic mass is 16.7. The zero-order valence-electron chi connectivity index (χ0n) is 50.2. The summed E-state index contributed by atoms with van der Waals surface area (Å²) in [5, 5.41) is 11.8. The Morgan fingerprint density at radius 3 is 1.03 bits per heavy atom. The average molecular weight is 1090 g/mol. The van der Waals surface area contributed by atoms with Crippen LogP contribution < -0.4 is 5.11 Å². The summed E-state index contributed by atoms with van der Waals surface area (Å²) < 4.78 is 22.6. The predicted octanol–water partition coefficient (Wildman–Crippen LogP) is 17.0. The molecule has 0 bridgehead atoms. The normalized spacial score (nSPS) is 14.0. The van der Waals surface area contributed by atoms with Gasteiger partial charge in [-0.25, -0.2) is 0 Å². The van der Waals surface area contributed by atoms with Gasteiger partial charge in [0.2, 0.25) is 0 Å². The minimum absolute atomic E-state index is 0.129. The fraction of sp³-hybridized carbons (Fsp3) is 0.557. The van der Waals surface area contributed by atoms with Crippen LogP contribution in [0.1, 0.15) is 194 Å². The number of carboxylic acid groups (broad SMARTS) is 1. The summed E-state index contributed by atoms with van der Waals surface area (Å²) in [5.41, 5.74) is 0. The van der Waals surface area contributed by atoms with Crippen molar-refractivity contribution in [3.63, 3.8) is 0 Å². The van der Waals surface area contributed by atoms with Crippen molar-refractivity contribution in [1.82, 2.24) is 0 Å². The standard InChI is InChI=1S/C70H109NO8/c1-6-8-10-12-14-16-18-20-22-24-26-27-28-29-30-31-32-33-34-35-36-37-38-39-40-41-43-45-47-49-51-53-55-57-59-61-68(73)79-66(65-78-70(69(74)75)76-63-62-71(3,4)5)64-77-67(72)60-58-56-54-52-50-48-46-44-42-25-23-21-19-17-15-13-11-9-7-2/h8-11,14-17,20-23,26-27,29-30,32-33,35-36,38-39,41-44,48,50,66,70H,6-7,12-13,18-19,24-25,28,31,34,37,40,45-47,49,51-65H2,1-5H3/b10-8-,11-9-,16-14-,17-15-,22-20-,23-21-,27-26-,30-29-,33-32-,36-35-,39-38-,43-41-,44-42-,50-48-. The maximum atomic E-state index is 12.9. The van der Waals surface area contributed by atoms with E-state index in [1.54, 1.807) is 0 Å². The van der Waals surface area contributed by atoms with E-state index in [1.807, 2.05) is 21.1 Å². The number of carboxylic acids is 1. The number of likely N-dealkylation sites (N-methyl/N-ethyl adjacent to an activating group) is 1.